The standard InChI is InChI=1S/C32H34N4O9S4/c1-15-13-26(34-31(20(15)6)35-27-16(2)11-18(4)29(21(27)7)48(40,41)42)36(28-17(3)12-19(5)30(22(28)8)49(43,44)45)32-33-24-10-9-23(47(37,38)39)14-25(24)46-32/h9-14H,1-8H3,(H,34,35)(H,37,38,39)(H,40,41,42)(H,43,44,45). The van der Waals surface area contributed by atoms with Gasteiger partial charge in [0.1, 0.15) is 21.4 Å². The van der Waals surface area contributed by atoms with Crippen LogP contribution >= 0.6 is 11.3 Å². The fraction of sp³-hybridized carbons (Fsp3) is 0.250. The van der Waals surface area contributed by atoms with Crippen molar-refractivity contribution in [3.05, 3.63) is 80.9 Å². The maximum Gasteiger partial charge on any atom is 0.295 e. The molecule has 4 N–H and O–H groups in total. The van der Waals surface area contributed by atoms with Crippen LogP contribution in [0.5, 0.6) is 0 Å². The minimum absolute atomic E-state index is 0.204. The third-order valence-corrected chi connectivity index (χ3v) is 12.5. The minimum Gasteiger partial charge on any atom is -0.339 e. The van der Waals surface area contributed by atoms with Gasteiger partial charge >= 0.3 is 0 Å². The van der Waals surface area contributed by atoms with E-state index in [-0.39, 0.29) is 36.8 Å². The molecule has 0 aliphatic rings. The summed E-state index contributed by atoms with van der Waals surface area (Å²) in [5.74, 6) is 0.581. The van der Waals surface area contributed by atoms with Crippen molar-refractivity contribution in [2.75, 3.05) is 10.2 Å². The van der Waals surface area contributed by atoms with Gasteiger partial charge in [-0.3, -0.25) is 18.6 Å². The zero-order valence-electron chi connectivity index (χ0n) is 27.7. The molecule has 49 heavy (non-hydrogen) atoms. The molecule has 2 heterocycles. The Bertz CT molecular complexity index is 2550. The van der Waals surface area contributed by atoms with Gasteiger partial charge < -0.3 is 5.32 Å². The second-order valence-electron chi connectivity index (χ2n) is 11.9. The van der Waals surface area contributed by atoms with Crippen molar-refractivity contribution < 1.29 is 38.9 Å². The van der Waals surface area contributed by atoms with Gasteiger partial charge in [0.25, 0.3) is 30.4 Å². The Labute approximate surface area is 288 Å². The van der Waals surface area contributed by atoms with Gasteiger partial charge in [-0.15, -0.1) is 0 Å². The molecular weight excluding hydrogens is 713 g/mol. The molecule has 0 saturated carbocycles. The monoisotopic (exact) mass is 746 g/mol. The van der Waals surface area contributed by atoms with E-state index in [1.165, 1.54) is 18.2 Å². The summed E-state index contributed by atoms with van der Waals surface area (Å²) in [6.45, 7) is 13.5. The quantitative estimate of drug-likeness (QED) is 0.117. The Hall–Kier alpha value is -3.97. The summed E-state index contributed by atoms with van der Waals surface area (Å²) < 4.78 is 104. The third kappa shape index (κ3) is 6.79. The first-order chi connectivity index (χ1) is 22.5. The van der Waals surface area contributed by atoms with Crippen LogP contribution < -0.4 is 10.2 Å². The maximum absolute atomic E-state index is 12.6. The SMILES string of the molecule is Cc1cc(N(c2nc3ccc(S(=O)(=O)O)cc3s2)c2c(C)cc(C)c(S(=O)(=O)O)c2C)nc(Nc2c(C)cc(C)c(S(=O)(=O)O)c2C)c1C. The molecule has 0 bridgehead atoms. The van der Waals surface area contributed by atoms with Crippen molar-refractivity contribution in [3.8, 4) is 0 Å². The number of aromatic nitrogens is 2. The number of nitrogens with zero attached hydrogens (tertiary/aromatic N) is 3. The van der Waals surface area contributed by atoms with Crippen LogP contribution in [0, 0.1) is 55.4 Å². The van der Waals surface area contributed by atoms with Crippen LogP contribution in [0.1, 0.15) is 44.5 Å². The number of thiazole rings is 1. The predicted octanol–water partition coefficient (Wildman–Crippen LogP) is 7.11. The van der Waals surface area contributed by atoms with Gasteiger partial charge in [0.15, 0.2) is 5.13 Å². The highest BCUT2D eigenvalue weighted by Gasteiger charge is 2.29. The molecule has 17 heteroatoms. The molecule has 0 atom stereocenters. The lowest BCUT2D eigenvalue weighted by Crippen LogP contribution is -2.18. The Morgan fingerprint density at radius 3 is 1.78 bits per heavy atom. The number of benzene rings is 3. The Morgan fingerprint density at radius 2 is 1.20 bits per heavy atom. The molecular formula is C32H34N4O9S4. The van der Waals surface area contributed by atoms with Crippen LogP contribution in [0.4, 0.5) is 28.1 Å². The summed E-state index contributed by atoms with van der Waals surface area (Å²) >= 11 is 1.06. The van der Waals surface area contributed by atoms with E-state index in [1.807, 2.05) is 13.8 Å². The van der Waals surface area contributed by atoms with Gasteiger partial charge in [0.05, 0.1) is 20.8 Å². The van der Waals surface area contributed by atoms with Crippen molar-refractivity contribution in [3.63, 3.8) is 0 Å². The van der Waals surface area contributed by atoms with Gasteiger partial charge in [-0.2, -0.15) is 25.3 Å². The van der Waals surface area contributed by atoms with Crippen molar-refractivity contribution in [1.29, 1.82) is 0 Å². The zero-order chi connectivity index (χ0) is 36.5. The third-order valence-electron chi connectivity index (χ3n) is 8.33. The molecule has 0 unspecified atom stereocenters. The Balaban J connectivity index is 1.83. The van der Waals surface area contributed by atoms with Gasteiger partial charge in [0.2, 0.25) is 0 Å². The maximum atomic E-state index is 12.6. The lowest BCUT2D eigenvalue weighted by molar-refractivity contribution is 0.479. The second-order valence-corrected chi connectivity index (χ2v) is 17.1. The molecule has 0 amide bonds. The zero-order valence-corrected chi connectivity index (χ0v) is 31.0. The molecule has 0 aliphatic carbocycles. The van der Waals surface area contributed by atoms with Gasteiger partial charge in [-0.05, 0) is 124 Å². The van der Waals surface area contributed by atoms with E-state index < -0.39 is 30.4 Å². The van der Waals surface area contributed by atoms with Crippen LogP contribution in [0.25, 0.3) is 10.2 Å². The molecule has 13 nitrogen and oxygen atoms in total. The van der Waals surface area contributed by atoms with Crippen molar-refractivity contribution in [2.24, 2.45) is 0 Å². The molecule has 3 aromatic carbocycles. The van der Waals surface area contributed by atoms with Gasteiger partial charge in [-0.1, -0.05) is 23.5 Å². The first kappa shape index (κ1) is 36.3. The Kier molecular flexibility index (Phi) is 9.20. The summed E-state index contributed by atoms with van der Waals surface area (Å²) in [6, 6.07) is 8.92. The second kappa shape index (κ2) is 12.4. The van der Waals surface area contributed by atoms with E-state index in [1.54, 1.807) is 64.6 Å². The first-order valence-corrected chi connectivity index (χ1v) is 19.7. The summed E-state index contributed by atoms with van der Waals surface area (Å²) in [7, 11) is -13.8. The highest BCUT2D eigenvalue weighted by Crippen LogP contribution is 2.45. The van der Waals surface area contributed by atoms with Crippen molar-refractivity contribution >= 4 is 80.0 Å². The molecule has 0 aliphatic heterocycles. The number of aryl methyl sites for hydroxylation is 5. The summed E-state index contributed by atoms with van der Waals surface area (Å²) in [6.07, 6.45) is 0. The average Bonchev–Trinajstić information content (AvgIpc) is 3.36. The largest absolute Gasteiger partial charge is 0.339 e. The number of hydrogen-bond acceptors (Lipinski definition) is 11. The van der Waals surface area contributed by atoms with E-state index in [0.717, 1.165) is 16.9 Å². The van der Waals surface area contributed by atoms with E-state index >= 15 is 0 Å². The fourth-order valence-corrected chi connectivity index (χ4v) is 9.69. The smallest absolute Gasteiger partial charge is 0.295 e. The number of fused-ring (bicyclic) bond motifs is 1. The summed E-state index contributed by atoms with van der Waals surface area (Å²) in [5, 5.41) is 3.51. The molecule has 260 valence electrons. The lowest BCUT2D eigenvalue weighted by Gasteiger charge is -2.28. The highest BCUT2D eigenvalue weighted by molar-refractivity contribution is 7.86. The molecule has 0 fully saturated rings. The number of anilines is 5. The van der Waals surface area contributed by atoms with Crippen LogP contribution in [-0.2, 0) is 30.4 Å². The predicted molar refractivity (Wildman–Crippen MR) is 189 cm³/mol. The fourth-order valence-electron chi connectivity index (χ4n) is 6.19. The number of pyridine rings is 1. The number of rotatable bonds is 8. The molecule has 5 rings (SSSR count). The molecule has 0 spiro atoms. The van der Waals surface area contributed by atoms with E-state index in [9.17, 15) is 38.9 Å². The average molecular weight is 747 g/mol. The van der Waals surface area contributed by atoms with E-state index in [0.29, 0.717) is 55.2 Å². The lowest BCUT2D eigenvalue weighted by atomic mass is 10.0. The summed E-state index contributed by atoms with van der Waals surface area (Å²) in [5.41, 5.74) is 5.05. The Morgan fingerprint density at radius 1 is 0.633 bits per heavy atom. The van der Waals surface area contributed by atoms with Crippen LogP contribution in [0.15, 0.2) is 51.1 Å². The van der Waals surface area contributed by atoms with Crippen molar-refractivity contribution in [1.82, 2.24) is 9.97 Å². The minimum atomic E-state index is -4.68. The number of hydrogen-bond donors (Lipinski definition) is 4. The van der Waals surface area contributed by atoms with E-state index in [2.05, 4.69) is 5.32 Å². The van der Waals surface area contributed by atoms with Gasteiger partial charge in [0, 0.05) is 5.69 Å². The highest BCUT2D eigenvalue weighted by atomic mass is 32.2. The molecule has 2 aromatic heterocycles. The number of nitrogens with one attached hydrogen (secondary N) is 1. The molecule has 5 aromatic rings. The van der Waals surface area contributed by atoms with Crippen LogP contribution in [-0.4, -0.2) is 48.9 Å². The van der Waals surface area contributed by atoms with Crippen LogP contribution in [0.2, 0.25) is 0 Å². The van der Waals surface area contributed by atoms with Gasteiger partial charge in [-0.25, -0.2) is 9.97 Å². The van der Waals surface area contributed by atoms with Crippen LogP contribution in [0.3, 0.4) is 0 Å². The first-order valence-electron chi connectivity index (χ1n) is 14.6. The normalized spacial score (nSPS) is 12.5. The molecule has 0 radical (unpaired) electrons. The van der Waals surface area contributed by atoms with Crippen molar-refractivity contribution in [2.45, 2.75) is 70.1 Å². The topological polar surface area (TPSA) is 204 Å². The van der Waals surface area contributed by atoms with E-state index in [4.69, 9.17) is 9.97 Å². The summed E-state index contributed by atoms with van der Waals surface area (Å²) in [4.78, 5) is 10.4. The molecule has 0 saturated heterocycles.